The SMILES string of the molecule is Cc1cc(C(C)C)nc(N2CCC(Cl)C(C)C2)n1. The summed E-state index contributed by atoms with van der Waals surface area (Å²) in [7, 11) is 0. The summed E-state index contributed by atoms with van der Waals surface area (Å²) in [4.78, 5) is 11.5. The molecule has 1 aromatic rings. The summed E-state index contributed by atoms with van der Waals surface area (Å²) in [5.74, 6) is 1.80. The summed E-state index contributed by atoms with van der Waals surface area (Å²) in [6.45, 7) is 10.5. The maximum Gasteiger partial charge on any atom is 0.225 e. The minimum atomic E-state index is 0.288. The fourth-order valence-corrected chi connectivity index (χ4v) is 2.49. The van der Waals surface area contributed by atoms with E-state index in [9.17, 15) is 0 Å². The number of anilines is 1. The lowest BCUT2D eigenvalue weighted by atomic mass is 10.00. The van der Waals surface area contributed by atoms with Crippen LogP contribution in [0.3, 0.4) is 0 Å². The number of rotatable bonds is 2. The second-order valence-electron chi connectivity index (χ2n) is 5.62. The summed E-state index contributed by atoms with van der Waals surface area (Å²) < 4.78 is 0. The predicted molar refractivity (Wildman–Crippen MR) is 76.5 cm³/mol. The highest BCUT2D eigenvalue weighted by Gasteiger charge is 2.26. The Balaban J connectivity index is 2.23. The van der Waals surface area contributed by atoms with Crippen LogP contribution in [0, 0.1) is 12.8 Å². The molecule has 0 saturated carbocycles. The Morgan fingerprint density at radius 2 is 2.11 bits per heavy atom. The lowest BCUT2D eigenvalue weighted by Gasteiger charge is -2.34. The molecule has 0 aliphatic carbocycles. The molecule has 2 rings (SSSR count). The summed E-state index contributed by atoms with van der Waals surface area (Å²) >= 11 is 6.27. The Morgan fingerprint density at radius 1 is 1.39 bits per heavy atom. The molecule has 0 aromatic carbocycles. The quantitative estimate of drug-likeness (QED) is 0.770. The molecule has 18 heavy (non-hydrogen) atoms. The van der Waals surface area contributed by atoms with Gasteiger partial charge >= 0.3 is 0 Å². The van der Waals surface area contributed by atoms with Crippen molar-refractivity contribution in [1.29, 1.82) is 0 Å². The van der Waals surface area contributed by atoms with Gasteiger partial charge in [-0.05, 0) is 31.2 Å². The minimum absolute atomic E-state index is 0.288. The zero-order valence-electron chi connectivity index (χ0n) is 11.7. The normalized spacial score (nSPS) is 24.7. The molecular weight excluding hydrogens is 246 g/mol. The number of aromatic nitrogens is 2. The number of hydrogen-bond donors (Lipinski definition) is 0. The molecule has 100 valence electrons. The van der Waals surface area contributed by atoms with Crippen molar-refractivity contribution < 1.29 is 0 Å². The second kappa shape index (κ2) is 5.43. The van der Waals surface area contributed by atoms with E-state index >= 15 is 0 Å². The molecule has 1 saturated heterocycles. The number of hydrogen-bond acceptors (Lipinski definition) is 3. The van der Waals surface area contributed by atoms with E-state index < -0.39 is 0 Å². The molecule has 0 N–H and O–H groups in total. The number of alkyl halides is 1. The average Bonchev–Trinajstić information content (AvgIpc) is 2.31. The summed E-state index contributed by atoms with van der Waals surface area (Å²) in [5, 5.41) is 0.288. The van der Waals surface area contributed by atoms with Crippen LogP contribution in [-0.4, -0.2) is 28.4 Å². The molecule has 0 spiro atoms. The van der Waals surface area contributed by atoms with Crippen molar-refractivity contribution in [3.63, 3.8) is 0 Å². The Hall–Kier alpha value is -0.830. The molecule has 1 aliphatic heterocycles. The maximum atomic E-state index is 6.27. The van der Waals surface area contributed by atoms with E-state index in [1.54, 1.807) is 0 Å². The fourth-order valence-electron chi connectivity index (χ4n) is 2.31. The van der Waals surface area contributed by atoms with Crippen LogP contribution in [0.2, 0.25) is 0 Å². The third-order valence-corrected chi connectivity index (χ3v) is 4.19. The molecule has 4 heteroatoms. The van der Waals surface area contributed by atoms with Crippen molar-refractivity contribution in [3.8, 4) is 0 Å². The van der Waals surface area contributed by atoms with Crippen LogP contribution < -0.4 is 4.90 Å². The monoisotopic (exact) mass is 267 g/mol. The van der Waals surface area contributed by atoms with Gasteiger partial charge in [-0.1, -0.05) is 20.8 Å². The Labute approximate surface area is 115 Å². The molecule has 2 heterocycles. The van der Waals surface area contributed by atoms with Crippen molar-refractivity contribution in [1.82, 2.24) is 9.97 Å². The average molecular weight is 268 g/mol. The first-order chi connectivity index (χ1) is 8.47. The van der Waals surface area contributed by atoms with E-state index in [-0.39, 0.29) is 5.38 Å². The van der Waals surface area contributed by atoms with Gasteiger partial charge in [-0.15, -0.1) is 11.6 Å². The van der Waals surface area contributed by atoms with Crippen LogP contribution in [0.15, 0.2) is 6.07 Å². The molecule has 0 radical (unpaired) electrons. The lowest BCUT2D eigenvalue weighted by Crippen LogP contribution is -2.41. The molecule has 1 aliphatic rings. The highest BCUT2D eigenvalue weighted by Crippen LogP contribution is 2.25. The largest absolute Gasteiger partial charge is 0.340 e. The molecule has 3 nitrogen and oxygen atoms in total. The van der Waals surface area contributed by atoms with Crippen molar-refractivity contribution in [2.75, 3.05) is 18.0 Å². The van der Waals surface area contributed by atoms with Gasteiger partial charge in [0.05, 0.1) is 0 Å². The van der Waals surface area contributed by atoms with E-state index in [0.717, 1.165) is 36.8 Å². The van der Waals surface area contributed by atoms with Crippen LogP contribution in [0.1, 0.15) is 44.5 Å². The van der Waals surface area contributed by atoms with Crippen LogP contribution in [0.25, 0.3) is 0 Å². The fraction of sp³-hybridized carbons (Fsp3) is 0.714. The number of nitrogens with zero attached hydrogens (tertiary/aromatic N) is 3. The maximum absolute atomic E-state index is 6.27. The lowest BCUT2D eigenvalue weighted by molar-refractivity contribution is 0.449. The number of piperidine rings is 1. The molecule has 1 aromatic heterocycles. The Bertz CT molecular complexity index is 420. The molecule has 2 unspecified atom stereocenters. The topological polar surface area (TPSA) is 29.0 Å². The first kappa shape index (κ1) is 13.6. The summed E-state index contributed by atoms with van der Waals surface area (Å²) in [6.07, 6.45) is 1.01. The minimum Gasteiger partial charge on any atom is -0.340 e. The van der Waals surface area contributed by atoms with Gasteiger partial charge in [-0.25, -0.2) is 9.97 Å². The predicted octanol–water partition coefficient (Wildman–Crippen LogP) is 3.36. The highest BCUT2D eigenvalue weighted by atomic mass is 35.5. The Kier molecular flexibility index (Phi) is 4.10. The number of aryl methyl sites for hydroxylation is 1. The van der Waals surface area contributed by atoms with Crippen molar-refractivity contribution in [2.24, 2.45) is 5.92 Å². The molecule has 0 bridgehead atoms. The first-order valence-electron chi connectivity index (χ1n) is 6.72. The van der Waals surface area contributed by atoms with Crippen LogP contribution in [0.4, 0.5) is 5.95 Å². The first-order valence-corrected chi connectivity index (χ1v) is 7.15. The van der Waals surface area contributed by atoms with Gasteiger partial charge in [-0.2, -0.15) is 0 Å². The van der Waals surface area contributed by atoms with E-state index in [1.807, 2.05) is 6.92 Å². The summed E-state index contributed by atoms with van der Waals surface area (Å²) in [5.41, 5.74) is 2.17. The number of halogens is 1. The molecular formula is C14H22ClN3. The van der Waals surface area contributed by atoms with Gasteiger partial charge in [0.15, 0.2) is 0 Å². The Morgan fingerprint density at radius 3 is 2.72 bits per heavy atom. The smallest absolute Gasteiger partial charge is 0.225 e. The second-order valence-corrected chi connectivity index (χ2v) is 6.18. The third-order valence-electron chi connectivity index (χ3n) is 3.54. The van der Waals surface area contributed by atoms with Crippen LogP contribution >= 0.6 is 11.6 Å². The van der Waals surface area contributed by atoms with Crippen molar-refractivity contribution in [2.45, 2.75) is 45.4 Å². The van der Waals surface area contributed by atoms with Crippen molar-refractivity contribution >= 4 is 17.5 Å². The van der Waals surface area contributed by atoms with E-state index in [2.05, 4.69) is 41.7 Å². The zero-order chi connectivity index (χ0) is 13.3. The standard InChI is InChI=1S/C14H22ClN3/c1-9(2)13-7-11(4)16-14(17-13)18-6-5-12(15)10(3)8-18/h7,9-10,12H,5-6,8H2,1-4H3. The molecule has 0 amide bonds. The zero-order valence-corrected chi connectivity index (χ0v) is 12.4. The molecule has 2 atom stereocenters. The van der Waals surface area contributed by atoms with E-state index in [1.165, 1.54) is 0 Å². The highest BCUT2D eigenvalue weighted by molar-refractivity contribution is 6.20. The van der Waals surface area contributed by atoms with E-state index in [0.29, 0.717) is 11.8 Å². The van der Waals surface area contributed by atoms with E-state index in [4.69, 9.17) is 11.6 Å². The third kappa shape index (κ3) is 2.94. The van der Waals surface area contributed by atoms with Gasteiger partial charge in [0.2, 0.25) is 5.95 Å². The van der Waals surface area contributed by atoms with Crippen LogP contribution in [0.5, 0.6) is 0 Å². The van der Waals surface area contributed by atoms with Gasteiger partial charge in [0, 0.05) is 29.9 Å². The van der Waals surface area contributed by atoms with Crippen molar-refractivity contribution in [3.05, 3.63) is 17.5 Å². The van der Waals surface area contributed by atoms with Gasteiger partial charge in [-0.3, -0.25) is 0 Å². The van der Waals surface area contributed by atoms with Crippen LogP contribution in [-0.2, 0) is 0 Å². The molecule has 1 fully saturated rings. The van der Waals surface area contributed by atoms with Gasteiger partial charge in [0.1, 0.15) is 0 Å². The van der Waals surface area contributed by atoms with Gasteiger partial charge in [0.25, 0.3) is 0 Å². The van der Waals surface area contributed by atoms with Gasteiger partial charge < -0.3 is 4.90 Å². The summed E-state index contributed by atoms with van der Waals surface area (Å²) in [6, 6.07) is 2.08.